The topological polar surface area (TPSA) is 15.3 Å². The lowest BCUT2D eigenvalue weighted by atomic mass is 9.88. The van der Waals surface area contributed by atoms with E-state index in [4.69, 9.17) is 0 Å². The number of hydrogen-bond donors (Lipinski definition) is 1. The van der Waals surface area contributed by atoms with E-state index in [2.05, 4.69) is 52.1 Å². The van der Waals surface area contributed by atoms with E-state index in [-0.39, 0.29) is 0 Å². The van der Waals surface area contributed by atoms with Gasteiger partial charge in [0.2, 0.25) is 0 Å². The van der Waals surface area contributed by atoms with Gasteiger partial charge in [-0.25, -0.2) is 0 Å². The van der Waals surface area contributed by atoms with Crippen LogP contribution in [-0.4, -0.2) is 13.1 Å². The largest absolute Gasteiger partial charge is 0.380 e. The van der Waals surface area contributed by atoms with E-state index in [0.717, 1.165) is 18.4 Å². The van der Waals surface area contributed by atoms with E-state index < -0.39 is 0 Å². The SMILES string of the molecule is CC1CCN(c2cc(Br)cc3c2CN3)CC1C. The molecule has 0 aromatic heterocycles. The molecule has 92 valence electrons. The maximum atomic E-state index is 3.61. The summed E-state index contributed by atoms with van der Waals surface area (Å²) in [4.78, 5) is 2.56. The van der Waals surface area contributed by atoms with Crippen LogP contribution in [0.5, 0.6) is 0 Å². The van der Waals surface area contributed by atoms with Crippen molar-refractivity contribution in [2.45, 2.75) is 26.8 Å². The molecule has 2 nitrogen and oxygen atoms in total. The molecule has 0 aliphatic carbocycles. The van der Waals surface area contributed by atoms with Gasteiger partial charge in [-0.15, -0.1) is 0 Å². The molecule has 2 heterocycles. The number of piperidine rings is 1. The normalized spacial score (nSPS) is 27.1. The minimum atomic E-state index is 0.798. The van der Waals surface area contributed by atoms with Gasteiger partial charge in [-0.2, -0.15) is 0 Å². The second-order valence-corrected chi connectivity index (χ2v) is 6.41. The summed E-state index contributed by atoms with van der Waals surface area (Å²) in [5, 5.41) is 3.37. The molecular formula is C14H19BrN2. The Morgan fingerprint density at radius 3 is 2.76 bits per heavy atom. The summed E-state index contributed by atoms with van der Waals surface area (Å²) < 4.78 is 1.18. The van der Waals surface area contributed by atoms with Crippen LogP contribution < -0.4 is 10.2 Å². The summed E-state index contributed by atoms with van der Waals surface area (Å²) in [5.41, 5.74) is 4.24. The van der Waals surface area contributed by atoms with Gasteiger partial charge in [0.15, 0.2) is 0 Å². The van der Waals surface area contributed by atoms with Crippen molar-refractivity contribution in [2.24, 2.45) is 11.8 Å². The van der Waals surface area contributed by atoms with Crippen LogP contribution in [0.15, 0.2) is 16.6 Å². The molecule has 2 aliphatic heterocycles. The van der Waals surface area contributed by atoms with Crippen LogP contribution in [0.1, 0.15) is 25.8 Å². The van der Waals surface area contributed by atoms with Crippen molar-refractivity contribution in [3.05, 3.63) is 22.2 Å². The molecule has 17 heavy (non-hydrogen) atoms. The van der Waals surface area contributed by atoms with Crippen LogP contribution in [0, 0.1) is 11.8 Å². The molecule has 3 heteroatoms. The Bertz CT molecular complexity index is 444. The predicted octanol–water partition coefficient (Wildman–Crippen LogP) is 3.86. The van der Waals surface area contributed by atoms with E-state index >= 15 is 0 Å². The first kappa shape index (κ1) is 11.4. The van der Waals surface area contributed by atoms with Crippen molar-refractivity contribution in [3.8, 4) is 0 Å². The molecule has 2 atom stereocenters. The third kappa shape index (κ3) is 1.95. The second-order valence-electron chi connectivity index (χ2n) is 5.49. The molecule has 2 aliphatic rings. The predicted molar refractivity (Wildman–Crippen MR) is 76.6 cm³/mol. The van der Waals surface area contributed by atoms with E-state index in [1.807, 2.05) is 0 Å². The molecule has 1 N–H and O–H groups in total. The fraction of sp³-hybridized carbons (Fsp3) is 0.571. The number of halogens is 1. The minimum Gasteiger partial charge on any atom is -0.380 e. The zero-order chi connectivity index (χ0) is 12.0. The highest BCUT2D eigenvalue weighted by Crippen LogP contribution is 2.39. The number of hydrogen-bond acceptors (Lipinski definition) is 2. The molecule has 1 aromatic rings. The van der Waals surface area contributed by atoms with Crippen LogP contribution in [0.4, 0.5) is 11.4 Å². The van der Waals surface area contributed by atoms with Gasteiger partial charge < -0.3 is 10.2 Å². The van der Waals surface area contributed by atoms with Crippen LogP contribution in [-0.2, 0) is 6.54 Å². The lowest BCUT2D eigenvalue weighted by Crippen LogP contribution is -2.39. The maximum absolute atomic E-state index is 3.61. The van der Waals surface area contributed by atoms with E-state index in [0.29, 0.717) is 0 Å². The quantitative estimate of drug-likeness (QED) is 0.846. The number of fused-ring (bicyclic) bond motifs is 1. The average Bonchev–Trinajstić information content (AvgIpc) is 2.26. The van der Waals surface area contributed by atoms with Gasteiger partial charge in [-0.05, 0) is 30.4 Å². The molecule has 0 amide bonds. The van der Waals surface area contributed by atoms with Crippen LogP contribution in [0.2, 0.25) is 0 Å². The molecule has 1 saturated heterocycles. The lowest BCUT2D eigenvalue weighted by molar-refractivity contribution is 0.323. The smallest absolute Gasteiger partial charge is 0.0449 e. The lowest BCUT2D eigenvalue weighted by Gasteiger charge is -2.39. The van der Waals surface area contributed by atoms with Crippen molar-refractivity contribution < 1.29 is 0 Å². The zero-order valence-electron chi connectivity index (χ0n) is 10.5. The molecular weight excluding hydrogens is 276 g/mol. The Balaban J connectivity index is 1.89. The Kier molecular flexibility index (Phi) is 2.81. The summed E-state index contributed by atoms with van der Waals surface area (Å²) >= 11 is 3.61. The Morgan fingerprint density at radius 2 is 2.12 bits per heavy atom. The first-order chi connectivity index (χ1) is 8.15. The monoisotopic (exact) mass is 294 g/mol. The van der Waals surface area contributed by atoms with Crippen molar-refractivity contribution in [3.63, 3.8) is 0 Å². The summed E-state index contributed by atoms with van der Waals surface area (Å²) in [7, 11) is 0. The van der Waals surface area contributed by atoms with E-state index in [1.165, 1.54) is 40.9 Å². The fourth-order valence-electron chi connectivity index (χ4n) is 2.81. The first-order valence-electron chi connectivity index (χ1n) is 6.46. The van der Waals surface area contributed by atoms with Gasteiger partial charge in [0.05, 0.1) is 0 Å². The van der Waals surface area contributed by atoms with Crippen LogP contribution in [0.25, 0.3) is 0 Å². The molecule has 2 unspecified atom stereocenters. The first-order valence-corrected chi connectivity index (χ1v) is 7.25. The minimum absolute atomic E-state index is 0.798. The molecule has 1 aromatic carbocycles. The number of rotatable bonds is 1. The Hall–Kier alpha value is -0.700. The number of nitrogens with zero attached hydrogens (tertiary/aromatic N) is 1. The maximum Gasteiger partial charge on any atom is 0.0449 e. The molecule has 0 bridgehead atoms. The molecule has 1 fully saturated rings. The molecule has 0 saturated carbocycles. The Morgan fingerprint density at radius 1 is 1.29 bits per heavy atom. The fourth-order valence-corrected chi connectivity index (χ4v) is 3.25. The van der Waals surface area contributed by atoms with E-state index in [9.17, 15) is 0 Å². The summed E-state index contributed by atoms with van der Waals surface area (Å²) in [6.07, 6.45) is 1.32. The second kappa shape index (κ2) is 4.20. The molecule has 3 rings (SSSR count). The van der Waals surface area contributed by atoms with Gasteiger partial charge in [0.1, 0.15) is 0 Å². The number of anilines is 2. The van der Waals surface area contributed by atoms with Crippen molar-refractivity contribution in [1.82, 2.24) is 0 Å². The van der Waals surface area contributed by atoms with Crippen LogP contribution >= 0.6 is 15.9 Å². The van der Waals surface area contributed by atoms with Gasteiger partial charge >= 0.3 is 0 Å². The highest BCUT2D eigenvalue weighted by molar-refractivity contribution is 9.10. The van der Waals surface area contributed by atoms with Gasteiger partial charge in [0.25, 0.3) is 0 Å². The Labute approximate surface area is 112 Å². The number of benzene rings is 1. The third-order valence-corrected chi connectivity index (χ3v) is 4.78. The number of nitrogens with one attached hydrogen (secondary N) is 1. The van der Waals surface area contributed by atoms with Crippen molar-refractivity contribution >= 4 is 27.3 Å². The van der Waals surface area contributed by atoms with Gasteiger partial charge in [-0.1, -0.05) is 29.8 Å². The highest BCUT2D eigenvalue weighted by Gasteiger charge is 2.27. The third-order valence-electron chi connectivity index (χ3n) is 4.32. The highest BCUT2D eigenvalue weighted by atomic mass is 79.9. The summed E-state index contributed by atoms with van der Waals surface area (Å²) in [6, 6.07) is 4.46. The van der Waals surface area contributed by atoms with Crippen molar-refractivity contribution in [2.75, 3.05) is 23.3 Å². The molecule has 0 spiro atoms. The van der Waals surface area contributed by atoms with E-state index in [1.54, 1.807) is 0 Å². The summed E-state index contributed by atoms with van der Waals surface area (Å²) in [5.74, 6) is 1.66. The molecule has 0 radical (unpaired) electrons. The zero-order valence-corrected chi connectivity index (χ0v) is 12.0. The standard InChI is InChI=1S/C14H19BrN2/c1-9-3-4-17(8-10(9)2)14-6-11(15)5-13-12(14)7-16-13/h5-6,9-10,16H,3-4,7-8H2,1-2H3. The van der Waals surface area contributed by atoms with Gasteiger partial charge in [0, 0.05) is 41.0 Å². The van der Waals surface area contributed by atoms with Crippen LogP contribution in [0.3, 0.4) is 0 Å². The summed E-state index contributed by atoms with van der Waals surface area (Å²) in [6.45, 7) is 8.18. The van der Waals surface area contributed by atoms with Gasteiger partial charge in [-0.3, -0.25) is 0 Å². The average molecular weight is 295 g/mol. The van der Waals surface area contributed by atoms with Crippen molar-refractivity contribution in [1.29, 1.82) is 0 Å².